The molecule has 1 saturated carbocycles. The summed E-state index contributed by atoms with van der Waals surface area (Å²) < 4.78 is 11.0. The van der Waals surface area contributed by atoms with Gasteiger partial charge in [0, 0.05) is 24.7 Å². The Balaban J connectivity index is 1.71. The molecule has 0 radical (unpaired) electrons. The lowest BCUT2D eigenvalue weighted by atomic mass is 9.91. The van der Waals surface area contributed by atoms with Gasteiger partial charge in [-0.3, -0.25) is 9.59 Å². The molecule has 1 aliphatic carbocycles. The molecule has 1 aliphatic heterocycles. The van der Waals surface area contributed by atoms with Crippen molar-refractivity contribution in [2.24, 2.45) is 11.8 Å². The van der Waals surface area contributed by atoms with Crippen LogP contribution in [0, 0.1) is 23.7 Å². The van der Waals surface area contributed by atoms with Crippen molar-refractivity contribution in [3.05, 3.63) is 48.0 Å². The fourth-order valence-corrected chi connectivity index (χ4v) is 3.62. The second-order valence-electron chi connectivity index (χ2n) is 6.73. The van der Waals surface area contributed by atoms with Gasteiger partial charge in [0.25, 0.3) is 0 Å². The molecule has 1 aromatic rings. The van der Waals surface area contributed by atoms with Crippen LogP contribution in [0.25, 0.3) is 0 Å². The third-order valence-electron chi connectivity index (χ3n) is 4.89. The lowest BCUT2D eigenvalue weighted by molar-refractivity contribution is -0.141. The number of ketones is 1. The minimum atomic E-state index is -0.424. The zero-order valence-electron chi connectivity index (χ0n) is 15.2. The Morgan fingerprint density at radius 2 is 2.04 bits per heavy atom. The third-order valence-corrected chi connectivity index (χ3v) is 4.89. The molecule has 0 bridgehead atoms. The molecule has 1 heterocycles. The molecule has 0 amide bonds. The van der Waals surface area contributed by atoms with E-state index in [2.05, 4.69) is 11.8 Å². The summed E-state index contributed by atoms with van der Waals surface area (Å²) in [5, 5.41) is 0. The molecule has 0 aromatic heterocycles. The van der Waals surface area contributed by atoms with Crippen molar-refractivity contribution in [3.8, 4) is 11.8 Å². The molecule has 4 atom stereocenters. The van der Waals surface area contributed by atoms with Crippen molar-refractivity contribution in [1.82, 2.24) is 0 Å². The first kappa shape index (κ1) is 18.9. The first-order valence-electron chi connectivity index (χ1n) is 9.20. The first-order valence-corrected chi connectivity index (χ1v) is 9.20. The van der Waals surface area contributed by atoms with Crippen molar-refractivity contribution >= 4 is 17.7 Å². The minimum absolute atomic E-state index is 0.0724. The van der Waals surface area contributed by atoms with Crippen LogP contribution in [0.15, 0.2) is 42.5 Å². The number of ether oxygens (including phenoxy) is 2. The van der Waals surface area contributed by atoms with E-state index in [0.717, 1.165) is 0 Å². The van der Waals surface area contributed by atoms with Gasteiger partial charge in [0.05, 0.1) is 18.4 Å². The Morgan fingerprint density at radius 1 is 1.26 bits per heavy atom. The Hall–Kier alpha value is -2.87. The summed E-state index contributed by atoms with van der Waals surface area (Å²) in [7, 11) is 0. The van der Waals surface area contributed by atoms with Crippen LogP contribution in [-0.4, -0.2) is 29.9 Å². The van der Waals surface area contributed by atoms with Crippen LogP contribution in [0.1, 0.15) is 43.0 Å². The average Bonchev–Trinajstić information content (AvgIpc) is 3.16. The summed E-state index contributed by atoms with van der Waals surface area (Å²) in [6, 6.07) is 8.76. The summed E-state index contributed by atoms with van der Waals surface area (Å²) in [6.07, 6.45) is 4.16. The van der Waals surface area contributed by atoms with E-state index in [-0.39, 0.29) is 42.5 Å². The summed E-state index contributed by atoms with van der Waals surface area (Å²) in [6.45, 7) is 1.93. The van der Waals surface area contributed by atoms with Crippen LogP contribution in [0.3, 0.4) is 0 Å². The van der Waals surface area contributed by atoms with E-state index in [1.54, 1.807) is 30.3 Å². The maximum Gasteiger partial charge on any atom is 0.338 e. The van der Waals surface area contributed by atoms with Gasteiger partial charge in [0.1, 0.15) is 12.2 Å². The fourth-order valence-electron chi connectivity index (χ4n) is 3.62. The van der Waals surface area contributed by atoms with Crippen LogP contribution in [0.5, 0.6) is 0 Å². The zero-order chi connectivity index (χ0) is 19.2. The van der Waals surface area contributed by atoms with Gasteiger partial charge in [-0.15, -0.1) is 5.92 Å². The van der Waals surface area contributed by atoms with E-state index in [1.165, 1.54) is 6.08 Å². The second kappa shape index (κ2) is 8.68. The standard InChI is InChI=1S/C22H22O5/c1-2-3-5-10-16(23)11-12-17-18-13-21(24)26-20(18)14-19(17)27-22(25)15-8-6-4-7-9-15/h4,6-9,11-12,17-20H,2,10,13-14H2,1H3/b12-11+/t17-,18-,19-,20+/m1/s1. The number of benzene rings is 1. The van der Waals surface area contributed by atoms with Gasteiger partial charge in [0.15, 0.2) is 5.78 Å². The third kappa shape index (κ3) is 4.65. The van der Waals surface area contributed by atoms with E-state index in [9.17, 15) is 14.4 Å². The molecule has 2 aliphatic rings. The predicted molar refractivity (Wildman–Crippen MR) is 98.6 cm³/mol. The number of allylic oxidation sites excluding steroid dienone is 1. The van der Waals surface area contributed by atoms with E-state index >= 15 is 0 Å². The predicted octanol–water partition coefficient (Wildman–Crippen LogP) is 3.09. The first-order chi connectivity index (χ1) is 13.1. The van der Waals surface area contributed by atoms with Crippen molar-refractivity contribution < 1.29 is 23.9 Å². The summed E-state index contributed by atoms with van der Waals surface area (Å²) in [5.74, 6) is 4.63. The molecule has 1 saturated heterocycles. The second-order valence-corrected chi connectivity index (χ2v) is 6.73. The van der Waals surface area contributed by atoms with Crippen LogP contribution >= 0.6 is 0 Å². The molecule has 5 heteroatoms. The number of carbonyl (C=O) groups is 3. The average molecular weight is 366 g/mol. The molecular formula is C22H22O5. The summed E-state index contributed by atoms with van der Waals surface area (Å²) in [4.78, 5) is 36.0. The molecular weight excluding hydrogens is 344 g/mol. The van der Waals surface area contributed by atoms with Gasteiger partial charge in [-0.05, 0) is 18.2 Å². The molecule has 2 fully saturated rings. The zero-order valence-corrected chi connectivity index (χ0v) is 15.2. The SMILES string of the molecule is CCC#CCC(=O)/C=C/[C@@H]1[C@H]2CC(=O)O[C@H]2C[C@H]1OC(=O)c1ccccc1. The molecule has 27 heavy (non-hydrogen) atoms. The maximum atomic E-state index is 12.4. The van der Waals surface area contributed by atoms with E-state index in [0.29, 0.717) is 18.4 Å². The molecule has 0 N–H and O–H groups in total. The Labute approximate surface area is 158 Å². The van der Waals surface area contributed by atoms with Crippen LogP contribution in [0.4, 0.5) is 0 Å². The van der Waals surface area contributed by atoms with Crippen molar-refractivity contribution in [1.29, 1.82) is 0 Å². The number of carbonyl (C=O) groups excluding carboxylic acids is 3. The van der Waals surface area contributed by atoms with Gasteiger partial charge in [-0.1, -0.05) is 37.1 Å². The van der Waals surface area contributed by atoms with Gasteiger partial charge in [-0.25, -0.2) is 4.79 Å². The highest BCUT2D eigenvalue weighted by Crippen LogP contribution is 2.43. The Morgan fingerprint density at radius 3 is 2.78 bits per heavy atom. The highest BCUT2D eigenvalue weighted by molar-refractivity contribution is 5.91. The number of esters is 2. The minimum Gasteiger partial charge on any atom is -0.462 e. The summed E-state index contributed by atoms with van der Waals surface area (Å²) >= 11 is 0. The van der Waals surface area contributed by atoms with Crippen molar-refractivity contribution in [2.45, 2.75) is 44.8 Å². The molecule has 5 nitrogen and oxygen atoms in total. The maximum absolute atomic E-state index is 12.4. The number of rotatable bonds is 5. The molecule has 140 valence electrons. The van der Waals surface area contributed by atoms with Crippen molar-refractivity contribution in [2.75, 3.05) is 0 Å². The highest BCUT2D eigenvalue weighted by Gasteiger charge is 2.50. The lowest BCUT2D eigenvalue weighted by Crippen LogP contribution is -2.24. The van der Waals surface area contributed by atoms with Crippen molar-refractivity contribution in [3.63, 3.8) is 0 Å². The monoisotopic (exact) mass is 366 g/mol. The number of fused-ring (bicyclic) bond motifs is 1. The van der Waals surface area contributed by atoms with Crippen LogP contribution in [-0.2, 0) is 19.1 Å². The lowest BCUT2D eigenvalue weighted by Gasteiger charge is -2.20. The van der Waals surface area contributed by atoms with Gasteiger partial charge < -0.3 is 9.47 Å². The van der Waals surface area contributed by atoms with Gasteiger partial charge >= 0.3 is 11.9 Å². The normalized spacial score (nSPS) is 26.2. The molecule has 0 spiro atoms. The number of hydrogen-bond acceptors (Lipinski definition) is 5. The highest BCUT2D eigenvalue weighted by atomic mass is 16.6. The number of hydrogen-bond donors (Lipinski definition) is 0. The Bertz CT molecular complexity index is 799. The molecule has 1 aromatic carbocycles. The fraction of sp³-hybridized carbons (Fsp3) is 0.409. The van der Waals surface area contributed by atoms with E-state index in [4.69, 9.17) is 9.47 Å². The Kier molecular flexibility index (Phi) is 6.08. The van der Waals surface area contributed by atoms with E-state index < -0.39 is 12.1 Å². The van der Waals surface area contributed by atoms with Crippen LogP contribution in [0.2, 0.25) is 0 Å². The van der Waals surface area contributed by atoms with E-state index in [1.807, 2.05) is 13.0 Å². The topological polar surface area (TPSA) is 69.7 Å². The van der Waals surface area contributed by atoms with Crippen LogP contribution < -0.4 is 0 Å². The summed E-state index contributed by atoms with van der Waals surface area (Å²) in [5.41, 5.74) is 0.472. The van der Waals surface area contributed by atoms with Gasteiger partial charge in [0.2, 0.25) is 0 Å². The van der Waals surface area contributed by atoms with Gasteiger partial charge in [-0.2, -0.15) is 0 Å². The quantitative estimate of drug-likeness (QED) is 0.455. The molecule has 3 rings (SSSR count). The smallest absolute Gasteiger partial charge is 0.338 e. The molecule has 0 unspecified atom stereocenters. The largest absolute Gasteiger partial charge is 0.462 e.